The highest BCUT2D eigenvalue weighted by atomic mass is 16.5. The van der Waals surface area contributed by atoms with Crippen molar-refractivity contribution < 1.29 is 14.6 Å². The van der Waals surface area contributed by atoms with Crippen LogP contribution in [0.2, 0.25) is 0 Å². The van der Waals surface area contributed by atoms with Gasteiger partial charge < -0.3 is 15.2 Å². The number of aliphatic hydroxyl groups excluding tert-OH is 1. The van der Waals surface area contributed by atoms with Gasteiger partial charge in [-0.3, -0.25) is 0 Å². The van der Waals surface area contributed by atoms with Gasteiger partial charge in [0.15, 0.2) is 0 Å². The van der Waals surface area contributed by atoms with E-state index in [2.05, 4.69) is 12.2 Å². The van der Waals surface area contributed by atoms with Crippen LogP contribution in [-0.4, -0.2) is 30.0 Å². The fourth-order valence-electron chi connectivity index (χ4n) is 2.11. The van der Waals surface area contributed by atoms with Crippen LogP contribution in [0.5, 0.6) is 0 Å². The second-order valence-electron chi connectivity index (χ2n) is 4.61. The molecule has 0 bridgehead atoms. The quantitative estimate of drug-likeness (QED) is 0.711. The van der Waals surface area contributed by atoms with Crippen LogP contribution in [0.25, 0.3) is 0 Å². The van der Waals surface area contributed by atoms with E-state index in [0.717, 1.165) is 38.5 Å². The predicted molar refractivity (Wildman–Crippen MR) is 62.3 cm³/mol. The molecule has 94 valence electrons. The van der Waals surface area contributed by atoms with Crippen molar-refractivity contribution in [3.8, 4) is 0 Å². The predicted octanol–water partition coefficient (Wildman–Crippen LogP) is 2.21. The Labute approximate surface area is 97.4 Å². The summed E-state index contributed by atoms with van der Waals surface area (Å²) in [6, 6.07) is 0. The first-order chi connectivity index (χ1) is 7.72. The Morgan fingerprint density at radius 2 is 2.06 bits per heavy atom. The molecule has 1 aliphatic rings. The number of unbranched alkanes of at least 4 members (excludes halogenated alkanes) is 1. The average molecular weight is 229 g/mol. The molecule has 0 radical (unpaired) electrons. The van der Waals surface area contributed by atoms with E-state index in [9.17, 15) is 9.90 Å². The number of hydrogen-bond donors (Lipinski definition) is 2. The highest BCUT2D eigenvalue weighted by Gasteiger charge is 2.33. The molecule has 1 saturated carbocycles. The van der Waals surface area contributed by atoms with Crippen molar-refractivity contribution in [3.05, 3.63) is 0 Å². The van der Waals surface area contributed by atoms with E-state index >= 15 is 0 Å². The van der Waals surface area contributed by atoms with Gasteiger partial charge in [-0.2, -0.15) is 0 Å². The number of carbonyl (C=O) groups is 1. The Kier molecular flexibility index (Phi) is 5.60. The monoisotopic (exact) mass is 229 g/mol. The molecular weight excluding hydrogens is 206 g/mol. The molecule has 0 heterocycles. The fraction of sp³-hybridized carbons (Fsp3) is 0.917. The molecule has 1 aliphatic carbocycles. The molecular formula is C12H23NO3. The molecule has 0 unspecified atom stereocenters. The van der Waals surface area contributed by atoms with E-state index in [1.165, 1.54) is 6.42 Å². The van der Waals surface area contributed by atoms with Crippen molar-refractivity contribution >= 4 is 6.09 Å². The summed E-state index contributed by atoms with van der Waals surface area (Å²) in [6.07, 6.45) is 6.54. The highest BCUT2D eigenvalue weighted by Crippen LogP contribution is 2.27. The maximum Gasteiger partial charge on any atom is 0.407 e. The topological polar surface area (TPSA) is 58.6 Å². The Balaban J connectivity index is 2.33. The van der Waals surface area contributed by atoms with Crippen molar-refractivity contribution in [2.45, 2.75) is 57.4 Å². The molecule has 0 atom stereocenters. The minimum absolute atomic E-state index is 0.00980. The normalized spacial score (nSPS) is 19.1. The molecule has 1 amide bonds. The minimum Gasteiger partial charge on any atom is -0.450 e. The van der Waals surface area contributed by atoms with Gasteiger partial charge in [-0.15, -0.1) is 0 Å². The molecule has 0 aromatic carbocycles. The number of nitrogens with one attached hydrogen (secondary N) is 1. The third-order valence-corrected chi connectivity index (χ3v) is 3.21. The van der Waals surface area contributed by atoms with Crippen LogP contribution in [-0.2, 0) is 4.74 Å². The van der Waals surface area contributed by atoms with Crippen LogP contribution in [0.4, 0.5) is 4.79 Å². The molecule has 4 heteroatoms. The van der Waals surface area contributed by atoms with Gasteiger partial charge in [0.05, 0.1) is 18.8 Å². The summed E-state index contributed by atoms with van der Waals surface area (Å²) < 4.78 is 5.05. The molecule has 0 aromatic rings. The van der Waals surface area contributed by atoms with Gasteiger partial charge in [-0.05, 0) is 19.3 Å². The number of hydrogen-bond acceptors (Lipinski definition) is 3. The van der Waals surface area contributed by atoms with E-state index in [1.54, 1.807) is 0 Å². The Morgan fingerprint density at radius 3 is 2.62 bits per heavy atom. The molecule has 1 rings (SSSR count). The number of amides is 1. The number of ether oxygens (including phenoxy) is 1. The van der Waals surface area contributed by atoms with Crippen LogP contribution < -0.4 is 5.32 Å². The number of alkyl carbamates (subject to hydrolysis) is 1. The van der Waals surface area contributed by atoms with Crippen molar-refractivity contribution in [1.29, 1.82) is 0 Å². The van der Waals surface area contributed by atoms with E-state index in [0.29, 0.717) is 6.61 Å². The summed E-state index contributed by atoms with van der Waals surface area (Å²) in [7, 11) is 0. The molecule has 4 nitrogen and oxygen atoms in total. The van der Waals surface area contributed by atoms with Gasteiger partial charge in [0.2, 0.25) is 0 Å². The third-order valence-electron chi connectivity index (χ3n) is 3.21. The number of carbonyl (C=O) groups excluding carboxylic acids is 1. The summed E-state index contributed by atoms with van der Waals surface area (Å²) >= 11 is 0. The number of aliphatic hydroxyl groups is 1. The van der Waals surface area contributed by atoms with E-state index in [-0.39, 0.29) is 12.7 Å². The molecule has 2 N–H and O–H groups in total. The van der Waals surface area contributed by atoms with Crippen molar-refractivity contribution in [2.75, 3.05) is 13.2 Å². The third kappa shape index (κ3) is 4.00. The summed E-state index contributed by atoms with van der Waals surface area (Å²) in [5.74, 6) is 0. The van der Waals surface area contributed by atoms with Gasteiger partial charge in [-0.25, -0.2) is 4.79 Å². The smallest absolute Gasteiger partial charge is 0.407 e. The molecule has 0 saturated heterocycles. The maximum atomic E-state index is 11.5. The van der Waals surface area contributed by atoms with Gasteiger partial charge in [0, 0.05) is 0 Å². The second kappa shape index (κ2) is 6.74. The van der Waals surface area contributed by atoms with Crippen LogP contribution >= 0.6 is 0 Å². The average Bonchev–Trinajstić information content (AvgIpc) is 2.30. The highest BCUT2D eigenvalue weighted by molar-refractivity contribution is 5.68. The van der Waals surface area contributed by atoms with Gasteiger partial charge in [0.1, 0.15) is 0 Å². The van der Waals surface area contributed by atoms with Crippen LogP contribution in [0.15, 0.2) is 0 Å². The molecule has 0 spiro atoms. The Morgan fingerprint density at radius 1 is 1.38 bits per heavy atom. The summed E-state index contributed by atoms with van der Waals surface area (Å²) in [6.45, 7) is 2.53. The standard InChI is InChI=1S/C12H23NO3/c1-2-3-9-16-11(15)13-12(10-14)7-5-4-6-8-12/h14H,2-10H2,1H3,(H,13,15). The first-order valence-electron chi connectivity index (χ1n) is 6.28. The fourth-order valence-corrected chi connectivity index (χ4v) is 2.11. The zero-order valence-corrected chi connectivity index (χ0v) is 10.1. The van der Waals surface area contributed by atoms with Crippen molar-refractivity contribution in [2.24, 2.45) is 0 Å². The summed E-state index contributed by atoms with van der Waals surface area (Å²) in [4.78, 5) is 11.5. The lowest BCUT2D eigenvalue weighted by Gasteiger charge is -2.35. The Hall–Kier alpha value is -0.770. The molecule has 16 heavy (non-hydrogen) atoms. The maximum absolute atomic E-state index is 11.5. The minimum atomic E-state index is -0.429. The van der Waals surface area contributed by atoms with Gasteiger partial charge in [-0.1, -0.05) is 32.6 Å². The van der Waals surface area contributed by atoms with E-state index in [1.807, 2.05) is 0 Å². The lowest BCUT2D eigenvalue weighted by Crippen LogP contribution is -2.52. The number of rotatable bonds is 5. The second-order valence-corrected chi connectivity index (χ2v) is 4.61. The Bertz CT molecular complexity index is 212. The zero-order valence-electron chi connectivity index (χ0n) is 10.1. The lowest BCUT2D eigenvalue weighted by molar-refractivity contribution is 0.0916. The molecule has 0 aliphatic heterocycles. The SMILES string of the molecule is CCCCOC(=O)NC1(CO)CCCCC1. The zero-order chi connectivity index (χ0) is 11.9. The van der Waals surface area contributed by atoms with Crippen molar-refractivity contribution in [3.63, 3.8) is 0 Å². The molecule has 1 fully saturated rings. The molecule has 0 aromatic heterocycles. The first kappa shape index (κ1) is 13.3. The van der Waals surface area contributed by atoms with Crippen LogP contribution in [0, 0.1) is 0 Å². The largest absolute Gasteiger partial charge is 0.450 e. The van der Waals surface area contributed by atoms with Crippen molar-refractivity contribution in [1.82, 2.24) is 5.32 Å². The van der Waals surface area contributed by atoms with Gasteiger partial charge in [0.25, 0.3) is 0 Å². The van der Waals surface area contributed by atoms with Crippen LogP contribution in [0.3, 0.4) is 0 Å². The van der Waals surface area contributed by atoms with E-state index < -0.39 is 5.54 Å². The first-order valence-corrected chi connectivity index (χ1v) is 6.28. The lowest BCUT2D eigenvalue weighted by atomic mass is 9.82. The van der Waals surface area contributed by atoms with E-state index in [4.69, 9.17) is 4.74 Å². The summed E-state index contributed by atoms with van der Waals surface area (Å²) in [5.41, 5.74) is -0.429. The van der Waals surface area contributed by atoms with Crippen LogP contribution in [0.1, 0.15) is 51.9 Å². The summed E-state index contributed by atoms with van der Waals surface area (Å²) in [5, 5.41) is 12.2. The van der Waals surface area contributed by atoms with Gasteiger partial charge >= 0.3 is 6.09 Å².